The van der Waals surface area contributed by atoms with Crippen LogP contribution in [-0.4, -0.2) is 29.9 Å². The number of carbonyl (C=O) groups excluding carboxylic acids is 1. The molecule has 0 aliphatic heterocycles. The summed E-state index contributed by atoms with van der Waals surface area (Å²) in [5, 5.41) is 2.91. The number of nitrogens with one attached hydrogen (secondary N) is 1. The lowest BCUT2D eigenvalue weighted by molar-refractivity contribution is -0.117. The Labute approximate surface area is 115 Å². The highest BCUT2D eigenvalue weighted by Crippen LogP contribution is 2.26. The fourth-order valence-electron chi connectivity index (χ4n) is 2.19. The second-order valence-electron chi connectivity index (χ2n) is 5.23. The molecule has 4 heteroatoms. The third-order valence-electron chi connectivity index (χ3n) is 3.38. The van der Waals surface area contributed by atoms with Crippen LogP contribution >= 0.6 is 0 Å². The largest absolute Gasteiger partial charge is 0.399 e. The molecule has 104 valence electrons. The number of nitrogens with zero attached hydrogens (tertiary/aromatic N) is 1. The van der Waals surface area contributed by atoms with E-state index in [9.17, 15) is 4.79 Å². The third kappa shape index (κ3) is 4.56. The number of nitrogens with two attached hydrogens (primary N) is 1. The minimum absolute atomic E-state index is 0.0496. The molecule has 2 rings (SSSR count). The number of hydrogen-bond donors (Lipinski definition) is 2. The monoisotopic (exact) mass is 261 g/mol. The SMILES string of the molecule is CCCCN(CC(=O)Nc1cccc(N)c1)C1CC1. The van der Waals surface area contributed by atoms with Crippen LogP contribution in [0.15, 0.2) is 24.3 Å². The van der Waals surface area contributed by atoms with Crippen LogP contribution in [0.3, 0.4) is 0 Å². The van der Waals surface area contributed by atoms with E-state index in [0.29, 0.717) is 18.3 Å². The van der Waals surface area contributed by atoms with Crippen LogP contribution in [0, 0.1) is 0 Å². The van der Waals surface area contributed by atoms with Crippen molar-refractivity contribution in [3.05, 3.63) is 24.3 Å². The van der Waals surface area contributed by atoms with Crippen molar-refractivity contribution in [2.75, 3.05) is 24.1 Å². The highest BCUT2D eigenvalue weighted by molar-refractivity contribution is 5.92. The molecule has 1 saturated carbocycles. The van der Waals surface area contributed by atoms with Gasteiger partial charge in [-0.15, -0.1) is 0 Å². The molecule has 1 fully saturated rings. The lowest BCUT2D eigenvalue weighted by atomic mass is 10.2. The number of amides is 1. The molecule has 0 aromatic heterocycles. The summed E-state index contributed by atoms with van der Waals surface area (Å²) in [5.41, 5.74) is 7.14. The molecule has 1 aliphatic carbocycles. The van der Waals surface area contributed by atoms with Crippen LogP contribution in [0.2, 0.25) is 0 Å². The second kappa shape index (κ2) is 6.57. The first-order valence-corrected chi connectivity index (χ1v) is 7.08. The molecular weight excluding hydrogens is 238 g/mol. The normalized spacial score (nSPS) is 14.6. The molecule has 0 heterocycles. The first kappa shape index (κ1) is 13.9. The van der Waals surface area contributed by atoms with E-state index in [0.717, 1.165) is 18.7 Å². The van der Waals surface area contributed by atoms with Crippen molar-refractivity contribution in [3.8, 4) is 0 Å². The van der Waals surface area contributed by atoms with Gasteiger partial charge in [0.15, 0.2) is 0 Å². The van der Waals surface area contributed by atoms with Gasteiger partial charge in [0.05, 0.1) is 6.54 Å². The lowest BCUT2D eigenvalue weighted by Crippen LogP contribution is -2.35. The van der Waals surface area contributed by atoms with E-state index >= 15 is 0 Å². The summed E-state index contributed by atoms with van der Waals surface area (Å²) < 4.78 is 0. The van der Waals surface area contributed by atoms with Gasteiger partial charge in [0.1, 0.15) is 0 Å². The van der Waals surface area contributed by atoms with E-state index in [1.807, 2.05) is 18.2 Å². The van der Waals surface area contributed by atoms with Crippen molar-refractivity contribution in [1.82, 2.24) is 4.90 Å². The van der Waals surface area contributed by atoms with Gasteiger partial charge in [-0.1, -0.05) is 19.4 Å². The summed E-state index contributed by atoms with van der Waals surface area (Å²) in [6.45, 7) is 3.68. The van der Waals surface area contributed by atoms with E-state index in [1.165, 1.54) is 19.3 Å². The molecule has 19 heavy (non-hydrogen) atoms. The zero-order valence-electron chi connectivity index (χ0n) is 11.6. The molecule has 4 nitrogen and oxygen atoms in total. The average molecular weight is 261 g/mol. The van der Waals surface area contributed by atoms with Crippen molar-refractivity contribution in [1.29, 1.82) is 0 Å². The number of unbranched alkanes of at least 4 members (excludes halogenated alkanes) is 1. The van der Waals surface area contributed by atoms with Crippen LogP contribution in [0.25, 0.3) is 0 Å². The zero-order valence-corrected chi connectivity index (χ0v) is 11.6. The van der Waals surface area contributed by atoms with Crippen LogP contribution in [-0.2, 0) is 4.79 Å². The van der Waals surface area contributed by atoms with E-state index in [2.05, 4.69) is 17.1 Å². The highest BCUT2D eigenvalue weighted by atomic mass is 16.2. The summed E-state index contributed by atoms with van der Waals surface area (Å²) >= 11 is 0. The van der Waals surface area contributed by atoms with Crippen molar-refractivity contribution in [2.24, 2.45) is 0 Å². The van der Waals surface area contributed by atoms with Crippen LogP contribution in [0.5, 0.6) is 0 Å². The van der Waals surface area contributed by atoms with Gasteiger partial charge in [-0.25, -0.2) is 0 Å². The molecule has 0 saturated heterocycles. The summed E-state index contributed by atoms with van der Waals surface area (Å²) in [6, 6.07) is 7.93. The summed E-state index contributed by atoms with van der Waals surface area (Å²) in [6.07, 6.45) is 4.78. The maximum absolute atomic E-state index is 12.0. The predicted octanol–water partition coefficient (Wildman–Crippen LogP) is 2.47. The van der Waals surface area contributed by atoms with Crippen LogP contribution < -0.4 is 11.1 Å². The third-order valence-corrected chi connectivity index (χ3v) is 3.38. The van der Waals surface area contributed by atoms with Gasteiger partial charge >= 0.3 is 0 Å². The summed E-state index contributed by atoms with van der Waals surface area (Å²) in [7, 11) is 0. The maximum Gasteiger partial charge on any atom is 0.238 e. The Morgan fingerprint density at radius 1 is 1.47 bits per heavy atom. The molecule has 0 bridgehead atoms. The van der Waals surface area contributed by atoms with Gasteiger partial charge in [0.2, 0.25) is 5.91 Å². The molecule has 0 atom stereocenters. The second-order valence-corrected chi connectivity index (χ2v) is 5.23. The number of hydrogen-bond acceptors (Lipinski definition) is 3. The molecule has 0 radical (unpaired) electrons. The molecule has 1 aliphatic rings. The summed E-state index contributed by atoms with van der Waals surface area (Å²) in [4.78, 5) is 14.3. The Kier molecular flexibility index (Phi) is 4.80. The van der Waals surface area contributed by atoms with Gasteiger partial charge < -0.3 is 11.1 Å². The van der Waals surface area contributed by atoms with Crippen LogP contribution in [0.1, 0.15) is 32.6 Å². The maximum atomic E-state index is 12.0. The Morgan fingerprint density at radius 3 is 2.89 bits per heavy atom. The minimum atomic E-state index is 0.0496. The number of anilines is 2. The molecule has 1 aromatic carbocycles. The number of benzene rings is 1. The van der Waals surface area contributed by atoms with Gasteiger partial charge in [-0.3, -0.25) is 9.69 Å². The number of carbonyl (C=O) groups is 1. The topological polar surface area (TPSA) is 58.4 Å². The van der Waals surface area contributed by atoms with Gasteiger partial charge in [-0.05, 0) is 44.0 Å². The van der Waals surface area contributed by atoms with E-state index in [4.69, 9.17) is 5.73 Å². The molecule has 0 unspecified atom stereocenters. The molecule has 1 aromatic rings. The smallest absolute Gasteiger partial charge is 0.238 e. The van der Waals surface area contributed by atoms with Gasteiger partial charge in [0, 0.05) is 17.4 Å². The fraction of sp³-hybridized carbons (Fsp3) is 0.533. The molecular formula is C15H23N3O. The number of rotatable bonds is 7. The summed E-state index contributed by atoms with van der Waals surface area (Å²) in [5.74, 6) is 0.0496. The van der Waals surface area contributed by atoms with Crippen molar-refractivity contribution in [3.63, 3.8) is 0 Å². The van der Waals surface area contributed by atoms with Crippen molar-refractivity contribution in [2.45, 2.75) is 38.6 Å². The first-order valence-electron chi connectivity index (χ1n) is 7.08. The van der Waals surface area contributed by atoms with Gasteiger partial charge in [-0.2, -0.15) is 0 Å². The average Bonchev–Trinajstić information content (AvgIpc) is 3.18. The standard InChI is InChI=1S/C15H23N3O/c1-2-3-9-18(14-7-8-14)11-15(19)17-13-6-4-5-12(16)10-13/h4-6,10,14H,2-3,7-9,11,16H2,1H3,(H,17,19). The van der Waals surface area contributed by atoms with Crippen molar-refractivity contribution < 1.29 is 4.79 Å². The van der Waals surface area contributed by atoms with Crippen LogP contribution in [0.4, 0.5) is 11.4 Å². The fourth-order valence-corrected chi connectivity index (χ4v) is 2.19. The number of nitrogen functional groups attached to an aromatic ring is 1. The molecule has 0 spiro atoms. The highest BCUT2D eigenvalue weighted by Gasteiger charge is 2.29. The Hall–Kier alpha value is -1.55. The van der Waals surface area contributed by atoms with Crippen molar-refractivity contribution >= 4 is 17.3 Å². The zero-order chi connectivity index (χ0) is 13.7. The Balaban J connectivity index is 1.85. The minimum Gasteiger partial charge on any atom is -0.399 e. The predicted molar refractivity (Wildman–Crippen MR) is 79.0 cm³/mol. The van der Waals surface area contributed by atoms with E-state index in [1.54, 1.807) is 6.07 Å². The molecule has 3 N–H and O–H groups in total. The lowest BCUT2D eigenvalue weighted by Gasteiger charge is -2.21. The Morgan fingerprint density at radius 2 is 2.26 bits per heavy atom. The quantitative estimate of drug-likeness (QED) is 0.741. The Bertz CT molecular complexity index is 429. The molecule has 1 amide bonds. The van der Waals surface area contributed by atoms with E-state index in [-0.39, 0.29) is 5.91 Å². The van der Waals surface area contributed by atoms with Gasteiger partial charge in [0.25, 0.3) is 0 Å². The van der Waals surface area contributed by atoms with E-state index < -0.39 is 0 Å². The first-order chi connectivity index (χ1) is 9.19.